The number of hydrogen-bond acceptors (Lipinski definition) is 6. The number of anilines is 1. The third-order valence-electron chi connectivity index (χ3n) is 6.31. The molecule has 0 spiro atoms. The molecule has 0 radical (unpaired) electrons. The number of aldehydes is 1. The van der Waals surface area contributed by atoms with Gasteiger partial charge >= 0.3 is 0 Å². The minimum absolute atomic E-state index is 0.0281. The first-order chi connectivity index (χ1) is 18.3. The molecule has 3 aromatic rings. The number of amides is 1. The van der Waals surface area contributed by atoms with E-state index in [0.717, 1.165) is 24.0 Å². The molecule has 1 aliphatic rings. The van der Waals surface area contributed by atoms with Crippen LogP contribution in [-0.2, 0) is 4.79 Å². The lowest BCUT2D eigenvalue weighted by molar-refractivity contribution is -0.119. The number of aryl methyl sites for hydroxylation is 1. The van der Waals surface area contributed by atoms with Crippen LogP contribution < -0.4 is 20.9 Å². The van der Waals surface area contributed by atoms with Crippen LogP contribution in [0.3, 0.4) is 0 Å². The predicted molar refractivity (Wildman–Crippen MR) is 150 cm³/mol. The zero-order chi connectivity index (χ0) is 27.2. The number of carbonyl (C=O) groups excluding carboxylic acids is 2. The van der Waals surface area contributed by atoms with Crippen LogP contribution in [0.1, 0.15) is 41.2 Å². The maximum absolute atomic E-state index is 13.5. The van der Waals surface area contributed by atoms with Crippen LogP contribution in [0.2, 0.25) is 5.02 Å². The Hall–Kier alpha value is -4.17. The van der Waals surface area contributed by atoms with Crippen LogP contribution >= 0.6 is 11.6 Å². The molecule has 1 heterocycles. The number of nitrogens with zero attached hydrogens (tertiary/aromatic N) is 1. The van der Waals surface area contributed by atoms with Crippen LogP contribution in [0.5, 0.6) is 5.75 Å². The van der Waals surface area contributed by atoms with E-state index in [-0.39, 0.29) is 12.1 Å². The lowest BCUT2D eigenvalue weighted by Gasteiger charge is -2.21. The minimum Gasteiger partial charge on any atom is -0.495 e. The Balaban J connectivity index is 1.70. The largest absolute Gasteiger partial charge is 0.495 e. The molecule has 1 atom stereocenters. The molecule has 8 nitrogen and oxygen atoms in total. The van der Waals surface area contributed by atoms with Crippen molar-refractivity contribution in [3.8, 4) is 16.9 Å². The van der Waals surface area contributed by atoms with Gasteiger partial charge in [0, 0.05) is 46.1 Å². The van der Waals surface area contributed by atoms with Gasteiger partial charge in [0.05, 0.1) is 13.3 Å². The molecule has 1 aliphatic carbocycles. The van der Waals surface area contributed by atoms with E-state index in [1.165, 1.54) is 23.9 Å². The number of allylic oxidation sites excluding steroid dienone is 1. The van der Waals surface area contributed by atoms with Gasteiger partial charge in [-0.3, -0.25) is 19.0 Å². The fourth-order valence-electron chi connectivity index (χ4n) is 4.03. The summed E-state index contributed by atoms with van der Waals surface area (Å²) >= 11 is 6.21. The lowest BCUT2D eigenvalue weighted by atomic mass is 10.00. The van der Waals surface area contributed by atoms with Gasteiger partial charge in [-0.25, -0.2) is 0 Å². The van der Waals surface area contributed by atoms with Crippen molar-refractivity contribution in [1.29, 1.82) is 5.41 Å². The van der Waals surface area contributed by atoms with E-state index in [1.54, 1.807) is 48.7 Å². The average molecular weight is 533 g/mol. The Morgan fingerprint density at radius 2 is 1.92 bits per heavy atom. The average Bonchev–Trinajstić information content (AvgIpc) is 3.73. The number of pyridine rings is 1. The molecule has 3 N–H and O–H groups in total. The number of hydrogen-bond donors (Lipinski definition) is 3. The standard InChI is InChI=1S/C29H29ClN4O4/c1-18-3-6-20(30)13-24(18)25-15-28(36)34(16-27(25)38-2)26(14-21(31)11-12-32-22-9-10-22)29(37)33-23-7-4-19(17-35)5-8-23/h3-8,11-13,15-17,22,26,31-32H,9-10,14H2,1-2H3,(H,33,37)/b12-11-,31-21?. The quantitative estimate of drug-likeness (QED) is 0.233. The molecular formula is C29H29ClN4O4. The first-order valence-corrected chi connectivity index (χ1v) is 12.6. The van der Waals surface area contributed by atoms with Crippen molar-refractivity contribution in [2.75, 3.05) is 12.4 Å². The molecule has 1 saturated carbocycles. The maximum Gasteiger partial charge on any atom is 0.252 e. The smallest absolute Gasteiger partial charge is 0.252 e. The van der Waals surface area contributed by atoms with Crippen LogP contribution in [0.15, 0.2) is 71.8 Å². The minimum atomic E-state index is -1.03. The molecule has 2 aromatic carbocycles. The number of carbonyl (C=O) groups is 2. The summed E-state index contributed by atoms with van der Waals surface area (Å²) in [7, 11) is 1.49. The van der Waals surface area contributed by atoms with E-state index in [1.807, 2.05) is 13.0 Å². The Morgan fingerprint density at radius 3 is 2.58 bits per heavy atom. The second kappa shape index (κ2) is 11.9. The third-order valence-corrected chi connectivity index (χ3v) is 6.55. The summed E-state index contributed by atoms with van der Waals surface area (Å²) in [6.45, 7) is 1.91. The number of halogens is 1. The summed E-state index contributed by atoms with van der Waals surface area (Å²) < 4.78 is 6.91. The first kappa shape index (κ1) is 26.9. The number of nitrogens with one attached hydrogen (secondary N) is 3. The Kier molecular flexibility index (Phi) is 8.43. The van der Waals surface area contributed by atoms with Gasteiger partial charge in [-0.15, -0.1) is 0 Å². The molecular weight excluding hydrogens is 504 g/mol. The molecule has 0 saturated heterocycles. The normalized spacial score (nSPS) is 13.7. The van der Waals surface area contributed by atoms with Crippen molar-refractivity contribution in [2.45, 2.75) is 38.3 Å². The molecule has 9 heteroatoms. The van der Waals surface area contributed by atoms with Crippen molar-refractivity contribution in [3.05, 3.63) is 93.5 Å². The third kappa shape index (κ3) is 6.58. The molecule has 0 aliphatic heterocycles. The van der Waals surface area contributed by atoms with Crippen LogP contribution in [0, 0.1) is 12.3 Å². The monoisotopic (exact) mass is 532 g/mol. The fourth-order valence-corrected chi connectivity index (χ4v) is 4.20. The van der Waals surface area contributed by atoms with Crippen LogP contribution in [0.25, 0.3) is 11.1 Å². The van der Waals surface area contributed by atoms with E-state index in [4.69, 9.17) is 21.7 Å². The highest BCUT2D eigenvalue weighted by atomic mass is 35.5. The second-order valence-corrected chi connectivity index (χ2v) is 9.65. The van der Waals surface area contributed by atoms with E-state index in [9.17, 15) is 14.4 Å². The van der Waals surface area contributed by atoms with Gasteiger partial charge in [-0.1, -0.05) is 17.7 Å². The zero-order valence-corrected chi connectivity index (χ0v) is 21.9. The maximum atomic E-state index is 13.5. The number of ether oxygens (including phenoxy) is 1. The van der Waals surface area contributed by atoms with Crippen molar-refractivity contribution in [2.24, 2.45) is 0 Å². The van der Waals surface area contributed by atoms with E-state index < -0.39 is 17.5 Å². The van der Waals surface area contributed by atoms with Gasteiger partial charge in [0.1, 0.15) is 18.1 Å². The van der Waals surface area contributed by atoms with E-state index in [2.05, 4.69) is 10.6 Å². The van der Waals surface area contributed by atoms with Gasteiger partial charge in [0.2, 0.25) is 5.91 Å². The SMILES string of the molecule is COc1cn(C(CC(=N)/C=C\NC2CC2)C(=O)Nc2ccc(C=O)cc2)c(=O)cc1-c1cc(Cl)ccc1C. The molecule has 1 amide bonds. The Labute approximate surface area is 225 Å². The van der Waals surface area contributed by atoms with Crippen LogP contribution in [-0.4, -0.2) is 35.6 Å². The number of rotatable bonds is 11. The molecule has 1 aromatic heterocycles. The predicted octanol–water partition coefficient (Wildman–Crippen LogP) is 5.15. The molecule has 1 unspecified atom stereocenters. The Morgan fingerprint density at radius 1 is 1.18 bits per heavy atom. The molecule has 0 bridgehead atoms. The molecule has 38 heavy (non-hydrogen) atoms. The molecule has 1 fully saturated rings. The fraction of sp³-hybridized carbons (Fsp3) is 0.241. The zero-order valence-electron chi connectivity index (χ0n) is 21.2. The van der Waals surface area contributed by atoms with Gasteiger partial charge < -0.3 is 20.8 Å². The highest BCUT2D eigenvalue weighted by Gasteiger charge is 2.25. The number of methoxy groups -OCH3 is 1. The van der Waals surface area contributed by atoms with Crippen LogP contribution in [0.4, 0.5) is 5.69 Å². The first-order valence-electron chi connectivity index (χ1n) is 12.2. The van der Waals surface area contributed by atoms with E-state index >= 15 is 0 Å². The molecule has 4 rings (SSSR count). The summed E-state index contributed by atoms with van der Waals surface area (Å²) in [4.78, 5) is 37.8. The van der Waals surface area contributed by atoms with Crippen molar-refractivity contribution >= 4 is 35.2 Å². The van der Waals surface area contributed by atoms with Gasteiger partial charge in [0.15, 0.2) is 0 Å². The second-order valence-electron chi connectivity index (χ2n) is 9.21. The van der Waals surface area contributed by atoms with Crippen molar-refractivity contribution in [1.82, 2.24) is 9.88 Å². The highest BCUT2D eigenvalue weighted by molar-refractivity contribution is 6.30. The van der Waals surface area contributed by atoms with Crippen molar-refractivity contribution < 1.29 is 14.3 Å². The highest BCUT2D eigenvalue weighted by Crippen LogP contribution is 2.33. The van der Waals surface area contributed by atoms with Gasteiger partial charge in [-0.2, -0.15) is 0 Å². The number of benzene rings is 2. The molecule has 196 valence electrons. The van der Waals surface area contributed by atoms with Gasteiger partial charge in [-0.05, 0) is 79.6 Å². The summed E-state index contributed by atoms with van der Waals surface area (Å²) in [6.07, 6.45) is 7.69. The summed E-state index contributed by atoms with van der Waals surface area (Å²) in [5.41, 5.74) is 2.90. The topological polar surface area (TPSA) is 113 Å². The van der Waals surface area contributed by atoms with Crippen molar-refractivity contribution in [3.63, 3.8) is 0 Å². The van der Waals surface area contributed by atoms with E-state index in [0.29, 0.717) is 39.9 Å². The van der Waals surface area contributed by atoms with Gasteiger partial charge in [0.25, 0.3) is 5.56 Å². The number of aromatic nitrogens is 1. The summed E-state index contributed by atoms with van der Waals surface area (Å²) in [5, 5.41) is 15.0. The summed E-state index contributed by atoms with van der Waals surface area (Å²) in [6, 6.07) is 12.6. The summed E-state index contributed by atoms with van der Waals surface area (Å²) in [5.74, 6) is -0.0893. The Bertz CT molecular complexity index is 1440. The lowest BCUT2D eigenvalue weighted by Crippen LogP contribution is -2.34.